The van der Waals surface area contributed by atoms with Crippen LogP contribution in [-0.2, 0) is 16.0 Å². The largest absolute Gasteiger partial charge is 0.550 e. The van der Waals surface area contributed by atoms with Crippen molar-refractivity contribution in [1.82, 2.24) is 4.98 Å². The number of carboxylic acids is 1. The van der Waals surface area contributed by atoms with Crippen LogP contribution in [0.25, 0.3) is 0 Å². The number of carboxylic acid groups (broad SMARTS) is 1. The minimum atomic E-state index is -1.21. The van der Waals surface area contributed by atoms with E-state index in [1.807, 2.05) is 0 Å². The van der Waals surface area contributed by atoms with E-state index in [1.54, 1.807) is 30.5 Å². The molecular weight excluding hydrogens is 347 g/mol. The minimum Gasteiger partial charge on any atom is -0.550 e. The average Bonchev–Trinajstić information content (AvgIpc) is 2.89. The van der Waals surface area contributed by atoms with E-state index < -0.39 is 11.9 Å². The standard InChI is InChI=1S/C14H12Cl2N2O3S/c1-7(14-17-9(6-22-14)5-12(19)20)13(21)18-11-4-8(15)2-3-10(11)16/h2-4,6-7H,5H2,1H3,(H,18,21)(H,19,20)/p-1/t7-/m1/s1. The van der Waals surface area contributed by atoms with Crippen molar-refractivity contribution in [1.29, 1.82) is 0 Å². The Morgan fingerprint density at radius 3 is 2.82 bits per heavy atom. The molecule has 0 saturated heterocycles. The van der Waals surface area contributed by atoms with Gasteiger partial charge < -0.3 is 15.2 Å². The molecule has 0 aliphatic carbocycles. The molecule has 8 heteroatoms. The zero-order valence-electron chi connectivity index (χ0n) is 11.4. The zero-order chi connectivity index (χ0) is 16.3. The Hall–Kier alpha value is -1.63. The number of rotatable bonds is 5. The quantitative estimate of drug-likeness (QED) is 0.890. The maximum absolute atomic E-state index is 12.2. The molecule has 2 aromatic rings. The number of amides is 1. The lowest BCUT2D eigenvalue weighted by Crippen LogP contribution is -2.24. The highest BCUT2D eigenvalue weighted by molar-refractivity contribution is 7.09. The second-order valence-corrected chi connectivity index (χ2v) is 6.29. The number of thiazole rings is 1. The van der Waals surface area contributed by atoms with Crippen LogP contribution in [0.1, 0.15) is 23.5 Å². The molecule has 0 spiro atoms. The minimum absolute atomic E-state index is 0.273. The first-order chi connectivity index (χ1) is 10.4. The third-order valence-electron chi connectivity index (χ3n) is 2.84. The first kappa shape index (κ1) is 16.7. The summed E-state index contributed by atoms with van der Waals surface area (Å²) in [6.07, 6.45) is -0.273. The van der Waals surface area contributed by atoms with Gasteiger partial charge in [-0.3, -0.25) is 4.79 Å². The molecule has 116 valence electrons. The Balaban J connectivity index is 2.10. The second-order valence-electron chi connectivity index (χ2n) is 4.56. The lowest BCUT2D eigenvalue weighted by molar-refractivity contribution is -0.304. The number of nitrogens with zero attached hydrogens (tertiary/aromatic N) is 1. The Morgan fingerprint density at radius 2 is 2.14 bits per heavy atom. The van der Waals surface area contributed by atoms with Crippen LogP contribution < -0.4 is 10.4 Å². The highest BCUT2D eigenvalue weighted by Crippen LogP contribution is 2.27. The van der Waals surface area contributed by atoms with E-state index in [0.717, 1.165) is 0 Å². The topological polar surface area (TPSA) is 82.1 Å². The number of carbonyl (C=O) groups is 2. The number of hydrogen-bond acceptors (Lipinski definition) is 5. The molecule has 1 aromatic carbocycles. The first-order valence-electron chi connectivity index (χ1n) is 6.27. The van der Waals surface area contributed by atoms with Crippen LogP contribution in [-0.4, -0.2) is 16.9 Å². The maximum atomic E-state index is 12.2. The smallest absolute Gasteiger partial charge is 0.234 e. The number of hydrogen-bond donors (Lipinski definition) is 1. The molecule has 0 saturated carbocycles. The van der Waals surface area contributed by atoms with Gasteiger partial charge in [-0.2, -0.15) is 0 Å². The summed E-state index contributed by atoms with van der Waals surface area (Å²) in [5.74, 6) is -2.06. The van der Waals surface area contributed by atoms with Gasteiger partial charge in [-0.1, -0.05) is 23.2 Å². The fourth-order valence-corrected chi connectivity index (χ4v) is 2.91. The highest BCUT2D eigenvalue weighted by Gasteiger charge is 2.20. The summed E-state index contributed by atoms with van der Waals surface area (Å²) >= 11 is 13.1. The molecule has 1 aromatic heterocycles. The van der Waals surface area contributed by atoms with Gasteiger partial charge in [0.25, 0.3) is 0 Å². The Bertz CT molecular complexity index is 718. The van der Waals surface area contributed by atoms with Crippen LogP contribution >= 0.6 is 34.5 Å². The van der Waals surface area contributed by atoms with Gasteiger partial charge >= 0.3 is 0 Å². The monoisotopic (exact) mass is 357 g/mol. The molecule has 0 aliphatic rings. The number of benzene rings is 1. The molecule has 1 amide bonds. The molecule has 1 heterocycles. The van der Waals surface area contributed by atoms with E-state index >= 15 is 0 Å². The molecule has 0 bridgehead atoms. The van der Waals surface area contributed by atoms with E-state index in [9.17, 15) is 14.7 Å². The van der Waals surface area contributed by atoms with Gasteiger partial charge in [0, 0.05) is 22.8 Å². The molecule has 0 fully saturated rings. The average molecular weight is 358 g/mol. The van der Waals surface area contributed by atoms with Gasteiger partial charge in [0.2, 0.25) is 5.91 Å². The number of carbonyl (C=O) groups excluding carboxylic acids is 2. The van der Waals surface area contributed by atoms with Crippen LogP contribution in [0.2, 0.25) is 10.0 Å². The van der Waals surface area contributed by atoms with Gasteiger partial charge in [-0.05, 0) is 25.1 Å². The number of aliphatic carboxylic acids is 1. The van der Waals surface area contributed by atoms with E-state index in [-0.39, 0.29) is 12.3 Å². The van der Waals surface area contributed by atoms with Crippen LogP contribution in [0.4, 0.5) is 5.69 Å². The second kappa shape index (κ2) is 7.09. The van der Waals surface area contributed by atoms with Crippen molar-refractivity contribution in [3.05, 3.63) is 44.3 Å². The van der Waals surface area contributed by atoms with Crippen LogP contribution in [0.3, 0.4) is 0 Å². The van der Waals surface area contributed by atoms with E-state index in [2.05, 4.69) is 10.3 Å². The van der Waals surface area contributed by atoms with Gasteiger partial charge in [-0.25, -0.2) is 4.98 Å². The summed E-state index contributed by atoms with van der Waals surface area (Å²) in [6, 6.07) is 4.76. The molecule has 1 N–H and O–H groups in total. The Morgan fingerprint density at radius 1 is 1.41 bits per heavy atom. The molecule has 5 nitrogen and oxygen atoms in total. The van der Waals surface area contributed by atoms with Crippen molar-refractivity contribution in [2.75, 3.05) is 5.32 Å². The summed E-state index contributed by atoms with van der Waals surface area (Å²) in [6.45, 7) is 1.68. The predicted molar refractivity (Wildman–Crippen MR) is 84.3 cm³/mol. The number of halogens is 2. The Labute approximate surface area is 140 Å². The van der Waals surface area contributed by atoms with Crippen molar-refractivity contribution in [2.45, 2.75) is 19.3 Å². The van der Waals surface area contributed by atoms with Crippen LogP contribution in [0.5, 0.6) is 0 Å². The van der Waals surface area contributed by atoms with Crippen molar-refractivity contribution in [3.8, 4) is 0 Å². The van der Waals surface area contributed by atoms with E-state index in [4.69, 9.17) is 23.2 Å². The van der Waals surface area contributed by atoms with Gasteiger partial charge in [-0.15, -0.1) is 11.3 Å². The predicted octanol–water partition coefficient (Wildman–Crippen LogP) is 2.48. The van der Waals surface area contributed by atoms with Gasteiger partial charge in [0.1, 0.15) is 5.01 Å². The Kier molecular flexibility index (Phi) is 5.39. The number of nitrogens with one attached hydrogen (secondary N) is 1. The van der Waals surface area contributed by atoms with Gasteiger partial charge in [0.15, 0.2) is 0 Å². The van der Waals surface area contributed by atoms with Crippen molar-refractivity contribution in [3.63, 3.8) is 0 Å². The molecule has 22 heavy (non-hydrogen) atoms. The summed E-state index contributed by atoms with van der Waals surface area (Å²) in [5, 5.41) is 16.2. The third kappa shape index (κ3) is 4.19. The molecule has 0 radical (unpaired) electrons. The summed E-state index contributed by atoms with van der Waals surface area (Å²) < 4.78 is 0. The lowest BCUT2D eigenvalue weighted by Gasteiger charge is -2.11. The third-order valence-corrected chi connectivity index (χ3v) is 4.49. The summed E-state index contributed by atoms with van der Waals surface area (Å²) in [4.78, 5) is 26.9. The fraction of sp³-hybridized carbons (Fsp3) is 0.214. The summed E-state index contributed by atoms with van der Waals surface area (Å²) in [5.41, 5.74) is 0.790. The molecule has 2 rings (SSSR count). The van der Waals surface area contributed by atoms with Gasteiger partial charge in [0.05, 0.1) is 22.3 Å². The number of anilines is 1. The van der Waals surface area contributed by atoms with Crippen molar-refractivity contribution >= 4 is 52.1 Å². The van der Waals surface area contributed by atoms with Crippen molar-refractivity contribution < 1.29 is 14.7 Å². The lowest BCUT2D eigenvalue weighted by atomic mass is 10.1. The zero-order valence-corrected chi connectivity index (χ0v) is 13.8. The molecule has 0 unspecified atom stereocenters. The summed E-state index contributed by atoms with van der Waals surface area (Å²) in [7, 11) is 0. The van der Waals surface area contributed by atoms with Crippen LogP contribution in [0.15, 0.2) is 23.6 Å². The molecule has 0 aliphatic heterocycles. The van der Waals surface area contributed by atoms with E-state index in [0.29, 0.717) is 26.4 Å². The van der Waals surface area contributed by atoms with Crippen molar-refractivity contribution in [2.24, 2.45) is 0 Å². The van der Waals surface area contributed by atoms with Crippen LogP contribution in [0, 0.1) is 0 Å². The van der Waals surface area contributed by atoms with E-state index in [1.165, 1.54) is 11.3 Å². The maximum Gasteiger partial charge on any atom is 0.234 e. The molecular formula is C14H11Cl2N2O3S-. The number of aromatic nitrogens is 1. The SMILES string of the molecule is C[C@H](C(=O)Nc1cc(Cl)ccc1Cl)c1nc(CC(=O)[O-])cs1. The normalized spacial score (nSPS) is 12.0. The first-order valence-corrected chi connectivity index (χ1v) is 7.90. The molecule has 1 atom stereocenters. The highest BCUT2D eigenvalue weighted by atomic mass is 35.5. The fourth-order valence-electron chi connectivity index (χ4n) is 1.70.